The molecule has 1 aromatic heterocycles. The molecule has 0 radical (unpaired) electrons. The lowest BCUT2D eigenvalue weighted by molar-refractivity contribution is -0.0523. The van der Waals surface area contributed by atoms with Crippen LogP contribution in [-0.2, 0) is 14.3 Å². The first-order valence-corrected chi connectivity index (χ1v) is 9.51. The summed E-state index contributed by atoms with van der Waals surface area (Å²) in [6.07, 6.45) is 4.60. The highest BCUT2D eigenvalue weighted by molar-refractivity contribution is 7.87. The molecule has 0 bridgehead atoms. The third kappa shape index (κ3) is 4.35. The summed E-state index contributed by atoms with van der Waals surface area (Å²) in [6, 6.07) is 7.69. The largest absolute Gasteiger partial charge is 0.534 e. The van der Waals surface area contributed by atoms with Crippen molar-refractivity contribution in [1.29, 1.82) is 0 Å². The second-order valence-corrected chi connectivity index (χ2v) is 7.40. The van der Waals surface area contributed by atoms with Gasteiger partial charge in [0.2, 0.25) is 0 Å². The molecule has 28 heavy (non-hydrogen) atoms. The van der Waals surface area contributed by atoms with Crippen molar-refractivity contribution in [3.05, 3.63) is 48.5 Å². The number of methoxy groups -OCH3 is 1. The number of alkyl halides is 3. The van der Waals surface area contributed by atoms with Crippen molar-refractivity contribution < 1.29 is 30.5 Å². The minimum atomic E-state index is -5.64. The first kappa shape index (κ1) is 19.9. The van der Waals surface area contributed by atoms with Crippen molar-refractivity contribution in [2.75, 3.05) is 25.1 Å². The highest BCUT2D eigenvalue weighted by atomic mass is 32.2. The fourth-order valence-electron chi connectivity index (χ4n) is 2.60. The molecule has 1 aliphatic rings. The van der Waals surface area contributed by atoms with Gasteiger partial charge in [0, 0.05) is 43.2 Å². The zero-order chi connectivity index (χ0) is 20.4. The summed E-state index contributed by atoms with van der Waals surface area (Å²) in [5.74, 6) is -0.215. The van der Waals surface area contributed by atoms with Gasteiger partial charge in [0.15, 0.2) is 0 Å². The Bertz CT molecular complexity index is 976. The van der Waals surface area contributed by atoms with E-state index in [1.54, 1.807) is 12.4 Å². The number of rotatable bonds is 5. The molecule has 0 aliphatic carbocycles. The zero-order valence-corrected chi connectivity index (χ0v) is 15.5. The molecule has 1 aliphatic heterocycles. The Kier molecular flexibility index (Phi) is 5.45. The number of benzene rings is 1. The van der Waals surface area contributed by atoms with Crippen molar-refractivity contribution in [1.82, 2.24) is 9.97 Å². The second-order valence-electron chi connectivity index (χ2n) is 5.86. The Morgan fingerprint density at radius 3 is 2.43 bits per heavy atom. The van der Waals surface area contributed by atoms with Crippen LogP contribution in [0.25, 0.3) is 11.1 Å². The van der Waals surface area contributed by atoms with E-state index >= 15 is 0 Å². The van der Waals surface area contributed by atoms with Crippen LogP contribution in [0.5, 0.6) is 6.01 Å². The lowest BCUT2D eigenvalue weighted by Crippen LogP contribution is -2.31. The average molecular weight is 415 g/mol. The van der Waals surface area contributed by atoms with Crippen molar-refractivity contribution in [2.24, 2.45) is 0 Å². The van der Waals surface area contributed by atoms with E-state index in [9.17, 15) is 21.6 Å². The van der Waals surface area contributed by atoms with Gasteiger partial charge < -0.3 is 13.8 Å². The molecule has 0 unspecified atom stereocenters. The van der Waals surface area contributed by atoms with Gasteiger partial charge in [0.25, 0.3) is 0 Å². The quantitative estimate of drug-likeness (QED) is 0.548. The lowest BCUT2D eigenvalue weighted by Gasteiger charge is -2.28. The highest BCUT2D eigenvalue weighted by Gasteiger charge is 2.48. The average Bonchev–Trinajstić information content (AvgIpc) is 2.67. The molecule has 0 N–H and O–H groups in total. The monoisotopic (exact) mass is 415 g/mol. The van der Waals surface area contributed by atoms with Gasteiger partial charge >= 0.3 is 21.6 Å². The fraction of sp³-hybridized carbons (Fsp3) is 0.294. The number of anilines is 1. The van der Waals surface area contributed by atoms with Crippen LogP contribution in [0.4, 0.5) is 18.9 Å². The van der Waals surface area contributed by atoms with Crippen LogP contribution in [0.2, 0.25) is 0 Å². The summed E-state index contributed by atoms with van der Waals surface area (Å²) in [5.41, 5.74) is -3.00. The summed E-state index contributed by atoms with van der Waals surface area (Å²) < 4.78 is 68.6. The standard InChI is InChI=1S/C17H16F3N3O4S/c1-26-16-21-10-13(11-22-16)12-3-2-4-14(9-12)23-7-5-15(6-8-23)27-28(24,25)17(18,19)20/h2-5,9-11H,6-8H2,1H3. The molecular weight excluding hydrogens is 399 g/mol. The van der Waals surface area contributed by atoms with Crippen LogP contribution in [0, 0.1) is 0 Å². The molecule has 0 saturated carbocycles. The van der Waals surface area contributed by atoms with E-state index in [1.165, 1.54) is 13.2 Å². The Morgan fingerprint density at radius 1 is 1.14 bits per heavy atom. The molecule has 2 heterocycles. The third-order valence-electron chi connectivity index (χ3n) is 4.02. The van der Waals surface area contributed by atoms with Gasteiger partial charge in [0.05, 0.1) is 7.11 Å². The SMILES string of the molecule is COc1ncc(-c2cccc(N3CC=C(OS(=O)(=O)C(F)(F)F)CC3)c2)cn1. The number of halogens is 3. The van der Waals surface area contributed by atoms with Gasteiger partial charge in [-0.2, -0.15) is 21.6 Å². The maximum Gasteiger partial charge on any atom is 0.534 e. The first-order chi connectivity index (χ1) is 13.2. The van der Waals surface area contributed by atoms with Crippen molar-refractivity contribution >= 4 is 15.8 Å². The predicted molar refractivity (Wildman–Crippen MR) is 95.0 cm³/mol. The van der Waals surface area contributed by atoms with Crippen molar-refractivity contribution in [3.63, 3.8) is 0 Å². The van der Waals surface area contributed by atoms with Crippen LogP contribution < -0.4 is 9.64 Å². The number of hydrogen-bond donors (Lipinski definition) is 0. The van der Waals surface area contributed by atoms with Gasteiger partial charge in [0.1, 0.15) is 5.76 Å². The predicted octanol–water partition coefficient (Wildman–Crippen LogP) is 3.11. The van der Waals surface area contributed by atoms with Gasteiger partial charge in [-0.05, 0) is 23.8 Å². The van der Waals surface area contributed by atoms with E-state index < -0.39 is 15.6 Å². The van der Waals surface area contributed by atoms with Crippen molar-refractivity contribution in [2.45, 2.75) is 11.9 Å². The van der Waals surface area contributed by atoms with Gasteiger partial charge in [-0.3, -0.25) is 0 Å². The Hall–Kier alpha value is -2.82. The van der Waals surface area contributed by atoms with Crippen LogP contribution in [-0.4, -0.2) is 44.1 Å². The molecular formula is C17H16F3N3O4S. The second kappa shape index (κ2) is 7.66. The van der Waals surface area contributed by atoms with Crippen LogP contribution >= 0.6 is 0 Å². The van der Waals surface area contributed by atoms with Crippen LogP contribution in [0.1, 0.15) is 6.42 Å². The van der Waals surface area contributed by atoms with Gasteiger partial charge in [-0.15, -0.1) is 0 Å². The zero-order valence-electron chi connectivity index (χ0n) is 14.7. The Labute approximate surface area is 159 Å². The molecule has 0 atom stereocenters. The molecule has 150 valence electrons. The van der Waals surface area contributed by atoms with E-state index in [2.05, 4.69) is 14.2 Å². The molecule has 1 aromatic carbocycles. The Balaban J connectivity index is 1.73. The topological polar surface area (TPSA) is 81.6 Å². The first-order valence-electron chi connectivity index (χ1n) is 8.11. The maximum atomic E-state index is 12.4. The normalized spacial score (nSPS) is 15.1. The smallest absolute Gasteiger partial charge is 0.467 e. The number of ether oxygens (including phenoxy) is 1. The molecule has 0 amide bonds. The third-order valence-corrected chi connectivity index (χ3v) is 5.02. The van der Waals surface area contributed by atoms with Crippen LogP contribution in [0.3, 0.4) is 0 Å². The molecule has 0 spiro atoms. The van der Waals surface area contributed by atoms with Crippen molar-refractivity contribution in [3.8, 4) is 17.1 Å². The van der Waals surface area contributed by atoms with Crippen LogP contribution in [0.15, 0.2) is 48.5 Å². The minimum Gasteiger partial charge on any atom is -0.467 e. The molecule has 11 heteroatoms. The van der Waals surface area contributed by atoms with Gasteiger partial charge in [-0.1, -0.05) is 12.1 Å². The highest BCUT2D eigenvalue weighted by Crippen LogP contribution is 2.30. The number of aromatic nitrogens is 2. The fourth-order valence-corrected chi connectivity index (χ4v) is 3.13. The minimum absolute atomic E-state index is 0.0329. The van der Waals surface area contributed by atoms with Gasteiger partial charge in [-0.25, -0.2) is 9.97 Å². The molecule has 3 rings (SSSR count). The van der Waals surface area contributed by atoms with E-state index in [-0.39, 0.29) is 24.7 Å². The lowest BCUT2D eigenvalue weighted by atomic mass is 10.1. The summed E-state index contributed by atoms with van der Waals surface area (Å²) in [6.45, 7) is 0.521. The summed E-state index contributed by atoms with van der Waals surface area (Å²) in [7, 11) is -4.17. The number of hydrogen-bond acceptors (Lipinski definition) is 7. The summed E-state index contributed by atoms with van der Waals surface area (Å²) >= 11 is 0. The summed E-state index contributed by atoms with van der Waals surface area (Å²) in [4.78, 5) is 10.0. The van der Waals surface area contributed by atoms with E-state index in [1.807, 2.05) is 29.2 Å². The van der Waals surface area contributed by atoms with E-state index in [0.717, 1.165) is 16.8 Å². The molecule has 7 nitrogen and oxygen atoms in total. The maximum absolute atomic E-state index is 12.4. The Morgan fingerprint density at radius 2 is 1.86 bits per heavy atom. The van der Waals surface area contributed by atoms with E-state index in [4.69, 9.17) is 4.74 Å². The molecule has 2 aromatic rings. The number of nitrogens with zero attached hydrogens (tertiary/aromatic N) is 3. The van der Waals surface area contributed by atoms with E-state index in [0.29, 0.717) is 6.54 Å². The molecule has 0 saturated heterocycles. The summed E-state index contributed by atoms with van der Waals surface area (Å²) in [5, 5.41) is 0. The molecule has 0 fully saturated rings.